The Labute approximate surface area is 121 Å². The topological polar surface area (TPSA) is 112 Å². The molecule has 2 aromatic heterocycles. The Bertz CT molecular complexity index is 974. The van der Waals surface area contributed by atoms with Gasteiger partial charge >= 0.3 is 5.69 Å². The van der Waals surface area contributed by atoms with Crippen molar-refractivity contribution in [2.75, 3.05) is 6.79 Å². The molecule has 0 fully saturated rings. The minimum absolute atomic E-state index is 0.131. The molecule has 0 saturated heterocycles. The van der Waals surface area contributed by atoms with Gasteiger partial charge in [0.1, 0.15) is 6.20 Å². The molecule has 4 rings (SSSR count). The molecule has 3 heterocycles. The minimum atomic E-state index is -0.567. The normalized spacial score (nSPS) is 12.7. The van der Waals surface area contributed by atoms with Crippen molar-refractivity contribution >= 4 is 16.9 Å². The number of ether oxygens (including phenoxy) is 2. The predicted octanol–water partition coefficient (Wildman–Crippen LogP) is 1.35. The van der Waals surface area contributed by atoms with Crippen molar-refractivity contribution in [1.29, 1.82) is 0 Å². The summed E-state index contributed by atoms with van der Waals surface area (Å²) in [5.41, 5.74) is 0.488. The van der Waals surface area contributed by atoms with Gasteiger partial charge in [-0.15, -0.1) is 0 Å². The molecule has 9 nitrogen and oxygen atoms in total. The number of nitrogens with one attached hydrogen (secondary N) is 1. The fraction of sp³-hybridized carbons (Fsp3) is 0.0769. The molecule has 9 heteroatoms. The lowest BCUT2D eigenvalue weighted by atomic mass is 10.2. The summed E-state index contributed by atoms with van der Waals surface area (Å²) >= 11 is 0. The maximum Gasteiger partial charge on any atom is 0.332 e. The lowest BCUT2D eigenvalue weighted by Gasteiger charge is -2.04. The maximum atomic E-state index is 12.1. The number of hydrogen-bond donors (Lipinski definition) is 1. The number of benzene rings is 1. The van der Waals surface area contributed by atoms with Gasteiger partial charge in [-0.25, -0.2) is 14.3 Å². The third-order valence-corrected chi connectivity index (χ3v) is 3.33. The summed E-state index contributed by atoms with van der Waals surface area (Å²) in [5, 5.41) is 10.8. The fourth-order valence-electron chi connectivity index (χ4n) is 2.35. The largest absolute Gasteiger partial charge is 0.454 e. The highest BCUT2D eigenvalue weighted by atomic mass is 16.7. The molecule has 110 valence electrons. The Morgan fingerprint density at radius 1 is 1.27 bits per heavy atom. The summed E-state index contributed by atoms with van der Waals surface area (Å²) in [4.78, 5) is 28.9. The summed E-state index contributed by atoms with van der Waals surface area (Å²) in [6, 6.07) is 6.30. The molecule has 0 atom stereocenters. The molecule has 1 aromatic carbocycles. The van der Waals surface area contributed by atoms with Crippen LogP contribution in [0.1, 0.15) is 0 Å². The Hall–Kier alpha value is -3.36. The number of nitrogens with zero attached hydrogens (tertiary/aromatic N) is 3. The molecule has 0 bridgehead atoms. The van der Waals surface area contributed by atoms with E-state index in [-0.39, 0.29) is 18.0 Å². The van der Waals surface area contributed by atoms with Crippen LogP contribution in [-0.2, 0) is 0 Å². The SMILES string of the molecule is O=c1[nH]c2cc([N+](=O)[O-])cnc2n1-c1ccc2c(c1)OCO2. The second-order valence-corrected chi connectivity index (χ2v) is 4.62. The Kier molecular flexibility index (Phi) is 2.43. The Morgan fingerprint density at radius 2 is 2.09 bits per heavy atom. The highest BCUT2D eigenvalue weighted by Gasteiger charge is 2.18. The molecule has 0 radical (unpaired) electrons. The number of H-pyrrole nitrogens is 1. The van der Waals surface area contributed by atoms with Crippen LogP contribution in [0.5, 0.6) is 11.5 Å². The van der Waals surface area contributed by atoms with Crippen LogP contribution in [-0.4, -0.2) is 26.3 Å². The van der Waals surface area contributed by atoms with E-state index in [2.05, 4.69) is 9.97 Å². The van der Waals surface area contributed by atoms with Gasteiger partial charge in [0.05, 0.1) is 16.1 Å². The van der Waals surface area contributed by atoms with E-state index in [9.17, 15) is 14.9 Å². The number of hydrogen-bond acceptors (Lipinski definition) is 6. The van der Waals surface area contributed by atoms with Gasteiger partial charge in [-0.05, 0) is 12.1 Å². The number of fused-ring (bicyclic) bond motifs is 2. The van der Waals surface area contributed by atoms with Crippen molar-refractivity contribution in [3.63, 3.8) is 0 Å². The number of pyridine rings is 1. The standard InChI is InChI=1S/C13H8N4O5/c18-13-15-9-3-8(17(19)20)5-14-12(9)16(13)7-1-2-10-11(4-7)22-6-21-10/h1-5H,6H2,(H,15,18). The zero-order chi connectivity index (χ0) is 15.3. The molecule has 0 amide bonds. The highest BCUT2D eigenvalue weighted by molar-refractivity contribution is 5.75. The van der Waals surface area contributed by atoms with Crippen molar-refractivity contribution in [2.24, 2.45) is 0 Å². The quantitative estimate of drug-likeness (QED) is 0.564. The summed E-state index contributed by atoms with van der Waals surface area (Å²) in [6.07, 6.45) is 1.11. The van der Waals surface area contributed by atoms with Crippen LogP contribution < -0.4 is 15.2 Å². The first-order chi connectivity index (χ1) is 10.6. The van der Waals surface area contributed by atoms with Crippen molar-refractivity contribution < 1.29 is 14.4 Å². The van der Waals surface area contributed by atoms with E-state index in [4.69, 9.17) is 9.47 Å². The minimum Gasteiger partial charge on any atom is -0.454 e. The molecule has 1 aliphatic heterocycles. The third-order valence-electron chi connectivity index (χ3n) is 3.33. The third kappa shape index (κ3) is 1.72. The second kappa shape index (κ2) is 4.32. The lowest BCUT2D eigenvalue weighted by Crippen LogP contribution is -2.14. The number of nitro groups is 1. The summed E-state index contributed by atoms with van der Waals surface area (Å²) in [7, 11) is 0. The summed E-state index contributed by atoms with van der Waals surface area (Å²) < 4.78 is 11.8. The van der Waals surface area contributed by atoms with Gasteiger partial charge in [0, 0.05) is 12.1 Å². The number of aromatic amines is 1. The van der Waals surface area contributed by atoms with E-state index in [1.165, 1.54) is 10.6 Å². The van der Waals surface area contributed by atoms with Gasteiger partial charge in [0.15, 0.2) is 17.1 Å². The number of rotatable bonds is 2. The average molecular weight is 300 g/mol. The first-order valence-electron chi connectivity index (χ1n) is 6.29. The monoisotopic (exact) mass is 300 g/mol. The Balaban J connectivity index is 1.93. The van der Waals surface area contributed by atoms with Crippen molar-refractivity contribution in [3.8, 4) is 17.2 Å². The number of imidazole rings is 1. The molecule has 1 N–H and O–H groups in total. The van der Waals surface area contributed by atoms with E-state index >= 15 is 0 Å². The van der Waals surface area contributed by atoms with Crippen LogP contribution >= 0.6 is 0 Å². The van der Waals surface area contributed by atoms with Gasteiger partial charge < -0.3 is 14.5 Å². The second-order valence-electron chi connectivity index (χ2n) is 4.62. The molecule has 1 aliphatic rings. The van der Waals surface area contributed by atoms with Gasteiger partial charge in [-0.3, -0.25) is 10.1 Å². The van der Waals surface area contributed by atoms with E-state index in [1.54, 1.807) is 18.2 Å². The van der Waals surface area contributed by atoms with Crippen LogP contribution in [0.4, 0.5) is 5.69 Å². The van der Waals surface area contributed by atoms with Crippen molar-refractivity contribution in [2.45, 2.75) is 0 Å². The molecular formula is C13H8N4O5. The molecule has 0 saturated carbocycles. The van der Waals surface area contributed by atoms with Gasteiger partial charge in [0.25, 0.3) is 5.69 Å². The van der Waals surface area contributed by atoms with Crippen LogP contribution in [0.3, 0.4) is 0 Å². The van der Waals surface area contributed by atoms with Crippen LogP contribution in [0.25, 0.3) is 16.9 Å². The van der Waals surface area contributed by atoms with Crippen LogP contribution in [0.2, 0.25) is 0 Å². The van der Waals surface area contributed by atoms with E-state index < -0.39 is 10.6 Å². The highest BCUT2D eigenvalue weighted by Crippen LogP contribution is 2.33. The van der Waals surface area contributed by atoms with Crippen molar-refractivity contribution in [1.82, 2.24) is 14.5 Å². The van der Waals surface area contributed by atoms with Gasteiger partial charge in [-0.1, -0.05) is 0 Å². The lowest BCUT2D eigenvalue weighted by molar-refractivity contribution is -0.385. The van der Waals surface area contributed by atoms with Gasteiger partial charge in [0.2, 0.25) is 6.79 Å². The maximum absolute atomic E-state index is 12.1. The van der Waals surface area contributed by atoms with E-state index in [0.29, 0.717) is 22.8 Å². The molecule has 22 heavy (non-hydrogen) atoms. The number of aromatic nitrogens is 3. The average Bonchev–Trinajstić information content (AvgIpc) is 3.08. The van der Waals surface area contributed by atoms with Gasteiger partial charge in [-0.2, -0.15) is 0 Å². The molecule has 0 aliphatic carbocycles. The molecule has 3 aromatic rings. The smallest absolute Gasteiger partial charge is 0.332 e. The predicted molar refractivity (Wildman–Crippen MR) is 74.5 cm³/mol. The first-order valence-corrected chi connectivity index (χ1v) is 6.29. The molecule has 0 spiro atoms. The zero-order valence-corrected chi connectivity index (χ0v) is 11.0. The fourth-order valence-corrected chi connectivity index (χ4v) is 2.35. The molecule has 0 unspecified atom stereocenters. The van der Waals surface area contributed by atoms with Crippen LogP contribution in [0.15, 0.2) is 35.3 Å². The van der Waals surface area contributed by atoms with E-state index in [1.807, 2.05) is 0 Å². The first kappa shape index (κ1) is 12.4. The zero-order valence-electron chi connectivity index (χ0n) is 11.0. The van der Waals surface area contributed by atoms with Crippen LogP contribution in [0, 0.1) is 10.1 Å². The summed E-state index contributed by atoms with van der Waals surface area (Å²) in [6.45, 7) is 0.131. The van der Waals surface area contributed by atoms with Crippen molar-refractivity contribution in [3.05, 3.63) is 51.1 Å². The Morgan fingerprint density at radius 3 is 2.91 bits per heavy atom. The summed E-state index contributed by atoms with van der Waals surface area (Å²) in [5.74, 6) is 1.13. The van der Waals surface area contributed by atoms with E-state index in [0.717, 1.165) is 6.20 Å². The molecular weight excluding hydrogens is 292 g/mol.